The lowest BCUT2D eigenvalue weighted by molar-refractivity contribution is -0.361. The first kappa shape index (κ1) is 24.7. The topological polar surface area (TPSA) is 179 Å². The number of nitrogens with one attached hydrogen (secondary N) is 1. The van der Waals surface area contributed by atoms with Crippen LogP contribution in [0.1, 0.15) is 32.8 Å². The zero-order chi connectivity index (χ0) is 24.3. The number of fused-ring (bicyclic) bond motifs is 1. The smallest absolute Gasteiger partial charge is 0.339 e. The van der Waals surface area contributed by atoms with Gasteiger partial charge in [0.25, 0.3) is 5.56 Å². The normalized spacial score (nSPS) is 22.3. The van der Waals surface area contributed by atoms with E-state index in [0.717, 1.165) is 20.8 Å². The molecule has 0 bridgehead atoms. The Labute approximate surface area is 193 Å². The molecule has 4 atom stereocenters. The van der Waals surface area contributed by atoms with E-state index in [9.17, 15) is 19.2 Å². The van der Waals surface area contributed by atoms with Crippen LogP contribution >= 0.6 is 15.9 Å². The first-order chi connectivity index (χ1) is 15.6. The fourth-order valence-corrected chi connectivity index (χ4v) is 3.54. The van der Waals surface area contributed by atoms with Gasteiger partial charge in [-0.2, -0.15) is 14.7 Å². The van der Waals surface area contributed by atoms with E-state index in [1.165, 1.54) is 4.57 Å². The molecule has 0 amide bonds. The van der Waals surface area contributed by atoms with Crippen molar-refractivity contribution in [2.24, 2.45) is 0 Å². The molecule has 16 heteroatoms. The number of carbonyl (C=O) groups excluding carboxylic acids is 3. The van der Waals surface area contributed by atoms with Gasteiger partial charge in [0.2, 0.25) is 0 Å². The van der Waals surface area contributed by atoms with Gasteiger partial charge in [-0.15, -0.1) is 0 Å². The number of nitrogens with zero attached hydrogens (tertiary/aromatic N) is 3. The molecule has 2 aromatic heterocycles. The van der Waals surface area contributed by atoms with Crippen molar-refractivity contribution >= 4 is 45.0 Å². The molecule has 1 saturated heterocycles. The predicted molar refractivity (Wildman–Crippen MR) is 105 cm³/mol. The highest BCUT2D eigenvalue weighted by Crippen LogP contribution is 2.37. The Hall–Kier alpha value is -2.92. The Bertz CT molecular complexity index is 1120. The van der Waals surface area contributed by atoms with Gasteiger partial charge in [-0.1, -0.05) is 0 Å². The van der Waals surface area contributed by atoms with Crippen molar-refractivity contribution < 1.29 is 48.4 Å². The number of hydrogen-bond donors (Lipinski definition) is 1. The van der Waals surface area contributed by atoms with E-state index in [1.807, 2.05) is 0 Å². The van der Waals surface area contributed by atoms with Crippen molar-refractivity contribution in [3.8, 4) is 0 Å². The quantitative estimate of drug-likeness (QED) is 0.278. The zero-order valence-corrected chi connectivity index (χ0v) is 19.3. The molecule has 3 heterocycles. The molecule has 1 fully saturated rings. The molecule has 180 valence electrons. The summed E-state index contributed by atoms with van der Waals surface area (Å²) in [6.07, 6.45) is -4.80. The monoisotopic (exact) mass is 534 g/mol. The third kappa shape index (κ3) is 5.72. The van der Waals surface area contributed by atoms with Gasteiger partial charge in [0.15, 0.2) is 34.3 Å². The van der Waals surface area contributed by atoms with Crippen LogP contribution in [0.2, 0.25) is 0 Å². The molecular weight excluding hydrogens is 516 g/mol. The standard InChI is InChI=1S/C17H19BrN4O11/c1-6-19-14-11(15(26)20-6)21-17(18)22(14)16-13(33-31-9(4)25)12(32-30-8(3)24)10(28-16)5-27-29-7(2)23/h10,12-13,16H,5H2,1-4H3,(H,19,20,26)/t10-,12-,13-,16-/m1/s1. The number of aryl methyl sites for hydroxylation is 1. The summed E-state index contributed by atoms with van der Waals surface area (Å²) in [6.45, 7) is 4.49. The molecule has 2 aromatic rings. The summed E-state index contributed by atoms with van der Waals surface area (Å²) in [4.78, 5) is 86.0. The maximum absolute atomic E-state index is 12.3. The lowest BCUT2D eigenvalue weighted by Gasteiger charge is -2.22. The van der Waals surface area contributed by atoms with E-state index in [1.54, 1.807) is 6.92 Å². The Kier molecular flexibility index (Phi) is 7.75. The molecule has 0 aromatic carbocycles. The number of imidazole rings is 1. The minimum atomic E-state index is -1.28. The number of rotatable bonds is 8. The number of aromatic nitrogens is 4. The predicted octanol–water partition coefficient (Wildman–Crippen LogP) is 0.309. The third-order valence-electron chi connectivity index (χ3n) is 4.13. The molecule has 15 nitrogen and oxygen atoms in total. The van der Waals surface area contributed by atoms with Crippen LogP contribution in [0.3, 0.4) is 0 Å². The molecule has 1 aliphatic rings. The van der Waals surface area contributed by atoms with Gasteiger partial charge >= 0.3 is 17.9 Å². The Morgan fingerprint density at radius 2 is 1.64 bits per heavy atom. The van der Waals surface area contributed by atoms with Crippen LogP contribution in [0.25, 0.3) is 11.2 Å². The zero-order valence-electron chi connectivity index (χ0n) is 17.7. The van der Waals surface area contributed by atoms with Gasteiger partial charge in [-0.25, -0.2) is 24.4 Å². The summed E-state index contributed by atoms with van der Waals surface area (Å²) in [7, 11) is 0. The lowest BCUT2D eigenvalue weighted by Crippen LogP contribution is -2.39. The number of aromatic amines is 1. The van der Waals surface area contributed by atoms with Crippen LogP contribution < -0.4 is 5.56 Å². The fourth-order valence-electron chi connectivity index (χ4n) is 2.99. The largest absolute Gasteiger partial charge is 0.346 e. The molecule has 0 saturated carbocycles. The number of halogens is 1. The first-order valence-corrected chi connectivity index (χ1v) is 10.2. The molecule has 3 rings (SSSR count). The van der Waals surface area contributed by atoms with E-state index < -0.39 is 48.0 Å². The van der Waals surface area contributed by atoms with Gasteiger partial charge in [0.05, 0.1) is 0 Å². The van der Waals surface area contributed by atoms with Crippen LogP contribution in [-0.4, -0.2) is 62.3 Å². The number of H-pyrrole nitrogens is 1. The highest BCUT2D eigenvalue weighted by molar-refractivity contribution is 9.10. The summed E-state index contributed by atoms with van der Waals surface area (Å²) < 4.78 is 7.41. The van der Waals surface area contributed by atoms with E-state index in [-0.39, 0.29) is 22.5 Å². The SMILES string of the molecule is CC(=O)OOC[C@H]1O[C@@H](n2c(Br)nc3c(=O)[nH]c(C)nc32)[C@H](OOC(C)=O)[C@@H]1OOC(C)=O. The minimum Gasteiger partial charge on any atom is -0.346 e. The second-order valence-corrected chi connectivity index (χ2v) is 7.48. The van der Waals surface area contributed by atoms with E-state index in [2.05, 4.69) is 45.5 Å². The van der Waals surface area contributed by atoms with E-state index in [4.69, 9.17) is 19.4 Å². The van der Waals surface area contributed by atoms with Gasteiger partial charge in [0.1, 0.15) is 18.5 Å². The second kappa shape index (κ2) is 10.3. The summed E-state index contributed by atoms with van der Waals surface area (Å²) in [6, 6.07) is 0. The highest BCUT2D eigenvalue weighted by atomic mass is 79.9. The van der Waals surface area contributed by atoms with Gasteiger partial charge < -0.3 is 9.72 Å². The molecule has 1 aliphatic heterocycles. The highest BCUT2D eigenvalue weighted by Gasteiger charge is 2.52. The third-order valence-corrected chi connectivity index (χ3v) is 4.69. The summed E-state index contributed by atoms with van der Waals surface area (Å²) in [5.41, 5.74) is -0.411. The molecule has 0 spiro atoms. The maximum atomic E-state index is 12.3. The van der Waals surface area contributed by atoms with Crippen LogP contribution in [-0.2, 0) is 48.4 Å². The maximum Gasteiger partial charge on any atom is 0.339 e. The van der Waals surface area contributed by atoms with Crippen LogP contribution in [0.15, 0.2) is 9.53 Å². The first-order valence-electron chi connectivity index (χ1n) is 9.36. The Balaban J connectivity index is 2.03. The van der Waals surface area contributed by atoms with Gasteiger partial charge in [-0.05, 0) is 22.9 Å². The van der Waals surface area contributed by atoms with Crippen LogP contribution in [0.4, 0.5) is 0 Å². The Morgan fingerprint density at radius 1 is 1.03 bits per heavy atom. The molecule has 0 aliphatic carbocycles. The van der Waals surface area contributed by atoms with Crippen molar-refractivity contribution in [2.45, 2.75) is 52.2 Å². The van der Waals surface area contributed by atoms with Crippen LogP contribution in [0.5, 0.6) is 0 Å². The van der Waals surface area contributed by atoms with Crippen molar-refractivity contribution in [2.75, 3.05) is 6.61 Å². The summed E-state index contributed by atoms with van der Waals surface area (Å²) in [5.74, 6) is -2.02. The number of ether oxygens (including phenoxy) is 1. The molecule has 0 radical (unpaired) electrons. The summed E-state index contributed by atoms with van der Waals surface area (Å²) in [5, 5.41) is 0. The van der Waals surface area contributed by atoms with E-state index in [0.29, 0.717) is 5.82 Å². The molecule has 1 N–H and O–H groups in total. The van der Waals surface area contributed by atoms with Crippen molar-refractivity contribution in [1.29, 1.82) is 0 Å². The molecular formula is C17H19BrN4O11. The molecule has 33 heavy (non-hydrogen) atoms. The van der Waals surface area contributed by atoms with Crippen molar-refractivity contribution in [3.05, 3.63) is 20.9 Å². The fraction of sp³-hybridized carbons (Fsp3) is 0.529. The number of hydrogen-bond acceptors (Lipinski definition) is 13. The van der Waals surface area contributed by atoms with E-state index >= 15 is 0 Å². The number of carbonyl (C=O) groups is 3. The van der Waals surface area contributed by atoms with Crippen molar-refractivity contribution in [3.63, 3.8) is 0 Å². The average molecular weight is 535 g/mol. The van der Waals surface area contributed by atoms with Crippen molar-refractivity contribution in [1.82, 2.24) is 19.5 Å². The Morgan fingerprint density at radius 3 is 2.24 bits per heavy atom. The van der Waals surface area contributed by atoms with Crippen LogP contribution in [0, 0.1) is 6.92 Å². The molecule has 0 unspecified atom stereocenters. The second-order valence-electron chi connectivity index (χ2n) is 6.77. The van der Waals surface area contributed by atoms with Gasteiger partial charge in [-0.3, -0.25) is 24.0 Å². The lowest BCUT2D eigenvalue weighted by atomic mass is 10.1. The van der Waals surface area contributed by atoms with Gasteiger partial charge in [0, 0.05) is 20.8 Å². The summed E-state index contributed by atoms with van der Waals surface area (Å²) >= 11 is 3.25. The minimum absolute atomic E-state index is 0.0145. The average Bonchev–Trinajstić information content (AvgIpc) is 3.21.